The van der Waals surface area contributed by atoms with Crippen LogP contribution in [0, 0.1) is 11.6 Å². The minimum Gasteiger partial charge on any atom is -0.491 e. The molecular weight excluding hydrogens is 376 g/mol. The van der Waals surface area contributed by atoms with Crippen molar-refractivity contribution in [3.8, 4) is 5.75 Å². The molecule has 0 radical (unpaired) electrons. The number of allylic oxidation sites excluding steroid dienone is 4. The Morgan fingerprint density at radius 3 is 2.34 bits per heavy atom. The van der Waals surface area contributed by atoms with Gasteiger partial charge in [0.1, 0.15) is 29.6 Å². The minimum atomic E-state index is -0.709. The van der Waals surface area contributed by atoms with E-state index in [0.717, 1.165) is 37.5 Å². The van der Waals surface area contributed by atoms with Gasteiger partial charge in [-0.2, -0.15) is 0 Å². The van der Waals surface area contributed by atoms with Gasteiger partial charge >= 0.3 is 6.09 Å². The van der Waals surface area contributed by atoms with Gasteiger partial charge in [0.2, 0.25) is 0 Å². The quantitative estimate of drug-likeness (QED) is 0.573. The van der Waals surface area contributed by atoms with Crippen LogP contribution in [0.3, 0.4) is 0 Å². The summed E-state index contributed by atoms with van der Waals surface area (Å²) in [4.78, 5) is 12.1. The monoisotopic (exact) mass is 409 g/mol. The Kier molecular flexibility index (Phi) is 10.4. The number of rotatable bonds is 7. The first kappa shape index (κ1) is 24.7. The first-order valence-electron chi connectivity index (χ1n) is 10.2. The van der Waals surface area contributed by atoms with E-state index < -0.39 is 23.3 Å². The molecule has 0 unspecified atom stereocenters. The largest absolute Gasteiger partial charge is 0.491 e. The number of halogens is 2. The van der Waals surface area contributed by atoms with Crippen LogP contribution in [0.5, 0.6) is 5.75 Å². The number of carbonyl (C=O) groups is 1. The highest BCUT2D eigenvalue weighted by Gasteiger charge is 2.20. The van der Waals surface area contributed by atoms with Crippen molar-refractivity contribution in [2.45, 2.75) is 71.9 Å². The molecule has 0 aromatic heterocycles. The maximum Gasteiger partial charge on any atom is 0.407 e. The molecule has 1 aliphatic rings. The molecule has 0 spiro atoms. The van der Waals surface area contributed by atoms with Crippen LogP contribution in [0.15, 0.2) is 42.0 Å². The van der Waals surface area contributed by atoms with Gasteiger partial charge in [-0.15, -0.1) is 0 Å². The number of carbonyl (C=O) groups excluding carboxylic acids is 1. The molecule has 1 amide bonds. The SMILES string of the molecule is CC.CC(C)(C)OC(=O)N[C@H](CCC1=CCCC=C1)COc1cc(F)cc(F)c1. The fourth-order valence-electron chi connectivity index (χ4n) is 2.67. The van der Waals surface area contributed by atoms with E-state index in [1.165, 1.54) is 5.57 Å². The second kappa shape index (κ2) is 12.2. The van der Waals surface area contributed by atoms with E-state index in [1.807, 2.05) is 13.8 Å². The average Bonchev–Trinajstić information content (AvgIpc) is 2.64. The zero-order valence-electron chi connectivity index (χ0n) is 18.1. The second-order valence-electron chi connectivity index (χ2n) is 7.56. The van der Waals surface area contributed by atoms with Gasteiger partial charge < -0.3 is 14.8 Å². The topological polar surface area (TPSA) is 47.6 Å². The summed E-state index contributed by atoms with van der Waals surface area (Å²) in [7, 11) is 0. The number of benzene rings is 1. The first-order valence-corrected chi connectivity index (χ1v) is 10.2. The summed E-state index contributed by atoms with van der Waals surface area (Å²) >= 11 is 0. The van der Waals surface area contributed by atoms with E-state index in [9.17, 15) is 13.6 Å². The predicted molar refractivity (Wildman–Crippen MR) is 112 cm³/mol. The smallest absolute Gasteiger partial charge is 0.407 e. The van der Waals surface area contributed by atoms with Gasteiger partial charge in [-0.05, 0) is 46.5 Å². The molecule has 0 saturated carbocycles. The van der Waals surface area contributed by atoms with Crippen molar-refractivity contribution >= 4 is 6.09 Å². The molecule has 0 fully saturated rings. The third-order valence-electron chi connectivity index (χ3n) is 3.86. The van der Waals surface area contributed by atoms with E-state index in [0.29, 0.717) is 6.42 Å². The molecule has 0 heterocycles. The molecular formula is C23H33F2NO3. The number of amides is 1. The summed E-state index contributed by atoms with van der Waals surface area (Å²) in [5.74, 6) is -1.33. The van der Waals surface area contributed by atoms with Gasteiger partial charge in [0, 0.05) is 18.2 Å². The molecule has 1 aromatic rings. The van der Waals surface area contributed by atoms with Crippen LogP contribution in [0.4, 0.5) is 13.6 Å². The first-order chi connectivity index (χ1) is 13.7. The van der Waals surface area contributed by atoms with Crippen molar-refractivity contribution in [1.82, 2.24) is 5.32 Å². The molecule has 1 atom stereocenters. The lowest BCUT2D eigenvalue weighted by Gasteiger charge is -2.24. The third kappa shape index (κ3) is 10.7. The standard InChI is InChI=1S/C21H27F2NO3.C2H6/c1-21(2,3)27-20(25)24-18(10-9-15-7-5-4-6-8-15)14-26-19-12-16(22)11-17(23)13-19;1-2/h5,7-8,11-13,18H,4,6,9-10,14H2,1-3H3,(H,24,25);1-2H3/t18-;/m1./s1. The van der Waals surface area contributed by atoms with Crippen LogP contribution in [0.1, 0.15) is 60.3 Å². The maximum atomic E-state index is 13.3. The summed E-state index contributed by atoms with van der Waals surface area (Å²) in [5, 5.41) is 2.79. The zero-order chi connectivity index (χ0) is 21.9. The molecule has 2 rings (SSSR count). The lowest BCUT2D eigenvalue weighted by Crippen LogP contribution is -2.42. The molecule has 4 nitrogen and oxygen atoms in total. The molecule has 0 bridgehead atoms. The molecule has 1 aliphatic carbocycles. The Labute approximate surface area is 173 Å². The molecule has 6 heteroatoms. The zero-order valence-corrected chi connectivity index (χ0v) is 18.1. The molecule has 1 aromatic carbocycles. The third-order valence-corrected chi connectivity index (χ3v) is 3.86. The fourth-order valence-corrected chi connectivity index (χ4v) is 2.67. The van der Waals surface area contributed by atoms with Gasteiger partial charge in [0.25, 0.3) is 0 Å². The summed E-state index contributed by atoms with van der Waals surface area (Å²) in [6.07, 6.45) is 9.26. The van der Waals surface area contributed by atoms with Gasteiger partial charge in [-0.3, -0.25) is 0 Å². The van der Waals surface area contributed by atoms with Crippen LogP contribution in [0.2, 0.25) is 0 Å². The Hall–Kier alpha value is -2.37. The normalized spacial score (nSPS) is 14.2. The fraction of sp³-hybridized carbons (Fsp3) is 0.522. The molecule has 29 heavy (non-hydrogen) atoms. The van der Waals surface area contributed by atoms with Crippen LogP contribution >= 0.6 is 0 Å². The van der Waals surface area contributed by atoms with Crippen LogP contribution < -0.4 is 10.1 Å². The molecule has 0 saturated heterocycles. The predicted octanol–water partition coefficient (Wildman–Crippen LogP) is 6.32. The Morgan fingerprint density at radius 2 is 1.79 bits per heavy atom. The van der Waals surface area contributed by atoms with Crippen LogP contribution in [0.25, 0.3) is 0 Å². The van der Waals surface area contributed by atoms with Crippen LogP contribution in [-0.4, -0.2) is 24.3 Å². The highest BCUT2D eigenvalue weighted by Crippen LogP contribution is 2.19. The average molecular weight is 410 g/mol. The van der Waals surface area contributed by atoms with Gasteiger partial charge in [0.15, 0.2) is 0 Å². The number of hydrogen-bond acceptors (Lipinski definition) is 3. The highest BCUT2D eigenvalue weighted by molar-refractivity contribution is 5.68. The van der Waals surface area contributed by atoms with E-state index in [1.54, 1.807) is 20.8 Å². The van der Waals surface area contributed by atoms with Gasteiger partial charge in [-0.25, -0.2) is 13.6 Å². The Balaban J connectivity index is 0.00000204. The summed E-state index contributed by atoms with van der Waals surface area (Å²) in [5.41, 5.74) is 0.588. The van der Waals surface area contributed by atoms with Crippen molar-refractivity contribution in [3.63, 3.8) is 0 Å². The highest BCUT2D eigenvalue weighted by atomic mass is 19.1. The summed E-state index contributed by atoms with van der Waals surface area (Å²) in [6, 6.07) is 2.65. The number of alkyl carbamates (subject to hydrolysis) is 1. The van der Waals surface area contributed by atoms with Crippen molar-refractivity contribution in [2.24, 2.45) is 0 Å². The van der Waals surface area contributed by atoms with E-state index in [2.05, 4.69) is 23.5 Å². The maximum absolute atomic E-state index is 13.3. The summed E-state index contributed by atoms with van der Waals surface area (Å²) in [6.45, 7) is 9.43. The Morgan fingerprint density at radius 1 is 1.14 bits per heavy atom. The van der Waals surface area contributed by atoms with Crippen molar-refractivity contribution in [1.29, 1.82) is 0 Å². The van der Waals surface area contributed by atoms with E-state index >= 15 is 0 Å². The lowest BCUT2D eigenvalue weighted by atomic mass is 10.0. The second-order valence-corrected chi connectivity index (χ2v) is 7.56. The number of ether oxygens (including phenoxy) is 2. The number of hydrogen-bond donors (Lipinski definition) is 1. The number of nitrogens with one attached hydrogen (secondary N) is 1. The molecule has 0 aliphatic heterocycles. The van der Waals surface area contributed by atoms with Gasteiger partial charge in [-0.1, -0.05) is 37.6 Å². The van der Waals surface area contributed by atoms with Crippen molar-refractivity contribution in [2.75, 3.05) is 6.61 Å². The molecule has 1 N–H and O–H groups in total. The molecule has 162 valence electrons. The van der Waals surface area contributed by atoms with Gasteiger partial charge in [0.05, 0.1) is 6.04 Å². The van der Waals surface area contributed by atoms with E-state index in [-0.39, 0.29) is 18.4 Å². The van der Waals surface area contributed by atoms with Crippen molar-refractivity contribution < 1.29 is 23.0 Å². The Bertz CT molecular complexity index is 688. The summed E-state index contributed by atoms with van der Waals surface area (Å²) < 4.78 is 37.4. The lowest BCUT2D eigenvalue weighted by molar-refractivity contribution is 0.0484. The van der Waals surface area contributed by atoms with E-state index in [4.69, 9.17) is 9.47 Å². The van der Waals surface area contributed by atoms with Crippen LogP contribution in [-0.2, 0) is 4.74 Å². The minimum absolute atomic E-state index is 0.0825. The van der Waals surface area contributed by atoms with Crippen molar-refractivity contribution in [3.05, 3.63) is 53.6 Å².